The number of anilines is 1. The SMILES string of the molecule is Nc1ccc(OCc2c(F)cccc2Cl)cc1Cl. The molecule has 0 unspecified atom stereocenters. The summed E-state index contributed by atoms with van der Waals surface area (Å²) >= 11 is 11.7. The maximum Gasteiger partial charge on any atom is 0.131 e. The van der Waals surface area contributed by atoms with Gasteiger partial charge in [0.2, 0.25) is 0 Å². The monoisotopic (exact) mass is 285 g/mol. The Kier molecular flexibility index (Phi) is 3.94. The molecule has 0 aliphatic rings. The van der Waals surface area contributed by atoms with E-state index in [4.69, 9.17) is 33.7 Å². The van der Waals surface area contributed by atoms with E-state index in [2.05, 4.69) is 0 Å². The van der Waals surface area contributed by atoms with Crippen molar-refractivity contribution in [3.63, 3.8) is 0 Å². The summed E-state index contributed by atoms with van der Waals surface area (Å²) in [6.07, 6.45) is 0. The number of rotatable bonds is 3. The van der Waals surface area contributed by atoms with E-state index in [9.17, 15) is 4.39 Å². The molecule has 94 valence electrons. The van der Waals surface area contributed by atoms with Gasteiger partial charge in [0.1, 0.15) is 18.2 Å². The van der Waals surface area contributed by atoms with Crippen LogP contribution in [-0.2, 0) is 6.61 Å². The summed E-state index contributed by atoms with van der Waals surface area (Å²) in [6, 6.07) is 9.35. The topological polar surface area (TPSA) is 35.2 Å². The smallest absolute Gasteiger partial charge is 0.131 e. The van der Waals surface area contributed by atoms with Gasteiger partial charge in [-0.15, -0.1) is 0 Å². The molecule has 2 aromatic rings. The fourth-order valence-electron chi connectivity index (χ4n) is 1.42. The van der Waals surface area contributed by atoms with E-state index in [1.165, 1.54) is 6.07 Å². The predicted octanol–water partition coefficient (Wildman–Crippen LogP) is 4.29. The number of ether oxygens (including phenoxy) is 1. The summed E-state index contributed by atoms with van der Waals surface area (Å²) in [5, 5.41) is 0.726. The van der Waals surface area contributed by atoms with Gasteiger partial charge in [-0.2, -0.15) is 0 Å². The molecular formula is C13H10Cl2FNO. The molecule has 0 spiro atoms. The lowest BCUT2D eigenvalue weighted by atomic mass is 10.2. The Morgan fingerprint density at radius 3 is 2.56 bits per heavy atom. The van der Waals surface area contributed by atoms with Crippen molar-refractivity contribution in [3.05, 3.63) is 57.8 Å². The normalized spacial score (nSPS) is 10.4. The Morgan fingerprint density at radius 2 is 1.89 bits per heavy atom. The number of nitrogen functional groups attached to an aromatic ring is 1. The number of nitrogens with two attached hydrogens (primary N) is 1. The zero-order valence-corrected chi connectivity index (χ0v) is 10.8. The van der Waals surface area contributed by atoms with Crippen LogP contribution in [0.1, 0.15) is 5.56 Å². The van der Waals surface area contributed by atoms with Crippen molar-refractivity contribution in [2.24, 2.45) is 0 Å². The van der Waals surface area contributed by atoms with E-state index in [-0.39, 0.29) is 6.61 Å². The molecule has 0 fully saturated rings. The Hall–Kier alpha value is -1.45. The molecule has 5 heteroatoms. The van der Waals surface area contributed by atoms with Gasteiger partial charge in [0.05, 0.1) is 15.7 Å². The van der Waals surface area contributed by atoms with Gasteiger partial charge in [-0.05, 0) is 24.3 Å². The third-order valence-electron chi connectivity index (χ3n) is 2.42. The highest BCUT2D eigenvalue weighted by molar-refractivity contribution is 6.33. The number of hydrogen-bond donors (Lipinski definition) is 1. The molecule has 0 aliphatic heterocycles. The van der Waals surface area contributed by atoms with Gasteiger partial charge in [-0.25, -0.2) is 4.39 Å². The zero-order valence-electron chi connectivity index (χ0n) is 9.29. The maximum atomic E-state index is 13.5. The largest absolute Gasteiger partial charge is 0.489 e. The predicted molar refractivity (Wildman–Crippen MR) is 71.6 cm³/mol. The maximum absolute atomic E-state index is 13.5. The van der Waals surface area contributed by atoms with Crippen LogP contribution >= 0.6 is 23.2 Å². The van der Waals surface area contributed by atoms with Crippen molar-refractivity contribution < 1.29 is 9.13 Å². The number of hydrogen-bond acceptors (Lipinski definition) is 2. The van der Waals surface area contributed by atoms with E-state index < -0.39 is 5.82 Å². The van der Waals surface area contributed by atoms with Crippen LogP contribution in [0, 0.1) is 5.82 Å². The molecule has 0 saturated heterocycles. The molecule has 0 saturated carbocycles. The summed E-state index contributed by atoms with van der Waals surface area (Å²) in [6.45, 7) is 0.0335. The number of benzene rings is 2. The van der Waals surface area contributed by atoms with E-state index in [0.717, 1.165) is 0 Å². The summed E-state index contributed by atoms with van der Waals surface area (Å²) in [5.74, 6) is 0.109. The highest BCUT2D eigenvalue weighted by Crippen LogP contribution is 2.26. The summed E-state index contributed by atoms with van der Waals surface area (Å²) in [5.41, 5.74) is 6.35. The molecule has 0 heterocycles. The zero-order chi connectivity index (χ0) is 13.1. The summed E-state index contributed by atoms with van der Waals surface area (Å²) in [4.78, 5) is 0. The average Bonchev–Trinajstić information content (AvgIpc) is 2.33. The lowest BCUT2D eigenvalue weighted by Gasteiger charge is -2.09. The van der Waals surface area contributed by atoms with Crippen LogP contribution in [0.2, 0.25) is 10.0 Å². The molecule has 0 atom stereocenters. The third-order valence-corrected chi connectivity index (χ3v) is 3.10. The van der Waals surface area contributed by atoms with E-state index in [1.807, 2.05) is 0 Å². The van der Waals surface area contributed by atoms with Crippen molar-refractivity contribution in [1.29, 1.82) is 0 Å². The first-order valence-corrected chi connectivity index (χ1v) is 5.94. The minimum absolute atomic E-state index is 0.0335. The summed E-state index contributed by atoms with van der Waals surface area (Å²) in [7, 11) is 0. The third kappa shape index (κ3) is 2.86. The van der Waals surface area contributed by atoms with Crippen LogP contribution in [0.5, 0.6) is 5.75 Å². The van der Waals surface area contributed by atoms with Gasteiger partial charge in [-0.1, -0.05) is 29.3 Å². The average molecular weight is 286 g/mol. The molecule has 18 heavy (non-hydrogen) atoms. The molecule has 2 rings (SSSR count). The first-order valence-electron chi connectivity index (χ1n) is 5.18. The highest BCUT2D eigenvalue weighted by atomic mass is 35.5. The van der Waals surface area contributed by atoms with Crippen molar-refractivity contribution >= 4 is 28.9 Å². The minimum atomic E-state index is -0.399. The fourth-order valence-corrected chi connectivity index (χ4v) is 1.81. The van der Waals surface area contributed by atoms with Crippen LogP contribution in [-0.4, -0.2) is 0 Å². The van der Waals surface area contributed by atoms with Crippen molar-refractivity contribution in [2.45, 2.75) is 6.61 Å². The summed E-state index contributed by atoms with van der Waals surface area (Å²) < 4.78 is 18.9. The second-order valence-corrected chi connectivity index (χ2v) is 4.49. The molecule has 0 bridgehead atoms. The standard InChI is InChI=1S/C13H10Cl2FNO/c14-10-2-1-3-12(16)9(10)7-18-8-4-5-13(17)11(15)6-8/h1-6H,7,17H2. The molecule has 2 nitrogen and oxygen atoms in total. The van der Waals surface area contributed by atoms with Crippen LogP contribution in [0.4, 0.5) is 10.1 Å². The van der Waals surface area contributed by atoms with Crippen molar-refractivity contribution in [1.82, 2.24) is 0 Å². The van der Waals surface area contributed by atoms with Gasteiger partial charge >= 0.3 is 0 Å². The molecule has 2 N–H and O–H groups in total. The van der Waals surface area contributed by atoms with Gasteiger partial charge in [0, 0.05) is 11.6 Å². The van der Waals surface area contributed by atoms with Gasteiger partial charge in [-0.3, -0.25) is 0 Å². The van der Waals surface area contributed by atoms with Crippen LogP contribution in [0.15, 0.2) is 36.4 Å². The Bertz CT molecular complexity index is 555. The van der Waals surface area contributed by atoms with Gasteiger partial charge < -0.3 is 10.5 Å². The molecule has 0 amide bonds. The molecule has 0 aliphatic carbocycles. The van der Waals surface area contributed by atoms with Crippen LogP contribution in [0.25, 0.3) is 0 Å². The van der Waals surface area contributed by atoms with E-state index >= 15 is 0 Å². The van der Waals surface area contributed by atoms with Gasteiger partial charge in [0.15, 0.2) is 0 Å². The van der Waals surface area contributed by atoms with E-state index in [0.29, 0.717) is 27.0 Å². The second-order valence-electron chi connectivity index (χ2n) is 3.67. The van der Waals surface area contributed by atoms with Gasteiger partial charge in [0.25, 0.3) is 0 Å². The highest BCUT2D eigenvalue weighted by Gasteiger charge is 2.08. The second kappa shape index (κ2) is 5.46. The first kappa shape index (κ1) is 13.0. The number of halogens is 3. The fraction of sp³-hybridized carbons (Fsp3) is 0.0769. The van der Waals surface area contributed by atoms with Crippen LogP contribution < -0.4 is 10.5 Å². The Balaban J connectivity index is 2.14. The van der Waals surface area contributed by atoms with Crippen molar-refractivity contribution in [3.8, 4) is 5.75 Å². The molecule has 2 aromatic carbocycles. The lowest BCUT2D eigenvalue weighted by molar-refractivity contribution is 0.300. The Labute approximate surface area is 114 Å². The first-order chi connectivity index (χ1) is 8.58. The van der Waals surface area contributed by atoms with Crippen molar-refractivity contribution in [2.75, 3.05) is 5.73 Å². The molecule has 0 aromatic heterocycles. The lowest BCUT2D eigenvalue weighted by Crippen LogP contribution is -1.99. The Morgan fingerprint density at radius 1 is 1.11 bits per heavy atom. The van der Waals surface area contributed by atoms with E-state index in [1.54, 1.807) is 30.3 Å². The molecule has 0 radical (unpaired) electrons. The quantitative estimate of drug-likeness (QED) is 0.854. The van der Waals surface area contributed by atoms with Crippen LogP contribution in [0.3, 0.4) is 0 Å². The molecular weight excluding hydrogens is 276 g/mol. The minimum Gasteiger partial charge on any atom is -0.489 e.